The molecule has 1 amide bonds. The zero-order valence-corrected chi connectivity index (χ0v) is 13.2. The lowest BCUT2D eigenvalue weighted by atomic mass is 10.1. The van der Waals surface area contributed by atoms with Crippen LogP contribution in [0.4, 0.5) is 4.79 Å². The Hall–Kier alpha value is -1.26. The van der Waals surface area contributed by atoms with Gasteiger partial charge in [-0.2, -0.15) is 0 Å². The van der Waals surface area contributed by atoms with E-state index in [9.17, 15) is 4.79 Å². The minimum absolute atomic E-state index is 0. The Balaban J connectivity index is 0.00000220. The summed E-state index contributed by atoms with van der Waals surface area (Å²) in [6, 6.07) is 10.3. The van der Waals surface area contributed by atoms with Crippen molar-refractivity contribution < 1.29 is 26.8 Å². The number of hydrogen-bond acceptors (Lipinski definition) is 2. The van der Waals surface area contributed by atoms with Crippen LogP contribution < -0.4 is 22.6 Å². The number of aryl methyl sites for hydroxylation is 1. The van der Waals surface area contributed by atoms with Gasteiger partial charge in [0.05, 0.1) is 32.8 Å². The maximum atomic E-state index is 11.5. The molecule has 0 saturated carbocycles. The minimum Gasteiger partial charge on any atom is -1.00 e. The van der Waals surface area contributed by atoms with E-state index in [2.05, 4.69) is 17.4 Å². The maximum absolute atomic E-state index is 11.5. The highest BCUT2D eigenvalue weighted by molar-refractivity contribution is 5.66. The number of rotatable bonds is 7. The first kappa shape index (κ1) is 17.8. The van der Waals surface area contributed by atoms with Gasteiger partial charge < -0.3 is 27.4 Å². The van der Waals surface area contributed by atoms with Gasteiger partial charge >= 0.3 is 6.09 Å². The van der Waals surface area contributed by atoms with Crippen LogP contribution in [0.15, 0.2) is 30.3 Å². The van der Waals surface area contributed by atoms with E-state index >= 15 is 0 Å². The van der Waals surface area contributed by atoms with Crippen LogP contribution in [0.3, 0.4) is 0 Å². The van der Waals surface area contributed by atoms with Gasteiger partial charge in [-0.1, -0.05) is 30.3 Å². The maximum Gasteiger partial charge on any atom is 0.407 e. The molecule has 1 aromatic carbocycles. The number of alkyl carbamates (subject to hydrolysis) is 1. The standard InChI is InChI=1S/C16H24N2O2.ClH/c19-16(17-10-13-18-11-4-5-12-18)20-14-6-9-15-7-2-1-3-8-15;/h1-3,7-8H,4-6,9-14H2,(H,17,19);1H. The summed E-state index contributed by atoms with van der Waals surface area (Å²) >= 11 is 0. The summed E-state index contributed by atoms with van der Waals surface area (Å²) in [7, 11) is 0. The third-order valence-electron chi connectivity index (χ3n) is 3.74. The van der Waals surface area contributed by atoms with E-state index in [4.69, 9.17) is 4.74 Å². The molecule has 1 saturated heterocycles. The Labute approximate surface area is 133 Å². The summed E-state index contributed by atoms with van der Waals surface area (Å²) in [6.45, 7) is 4.70. The quantitative estimate of drug-likeness (QED) is 0.574. The molecular weight excluding hydrogens is 288 g/mol. The number of likely N-dealkylation sites (tertiary alicyclic amines) is 1. The van der Waals surface area contributed by atoms with Crippen LogP contribution in [0.2, 0.25) is 0 Å². The second-order valence-corrected chi connectivity index (χ2v) is 5.36. The van der Waals surface area contributed by atoms with Gasteiger partial charge in [0.25, 0.3) is 0 Å². The summed E-state index contributed by atoms with van der Waals surface area (Å²) in [4.78, 5) is 13.1. The topological polar surface area (TPSA) is 42.8 Å². The molecule has 4 nitrogen and oxygen atoms in total. The molecule has 1 fully saturated rings. The number of halogens is 1. The van der Waals surface area contributed by atoms with E-state index < -0.39 is 0 Å². The van der Waals surface area contributed by atoms with Gasteiger partial charge in [-0.25, -0.2) is 4.79 Å². The van der Waals surface area contributed by atoms with E-state index in [1.165, 1.54) is 31.5 Å². The van der Waals surface area contributed by atoms with Gasteiger partial charge in [0.15, 0.2) is 0 Å². The predicted octanol–water partition coefficient (Wildman–Crippen LogP) is -1.97. The molecule has 0 aromatic heterocycles. The summed E-state index contributed by atoms with van der Waals surface area (Å²) in [5.41, 5.74) is 1.29. The van der Waals surface area contributed by atoms with Gasteiger partial charge in [0, 0.05) is 12.8 Å². The van der Waals surface area contributed by atoms with Crippen LogP contribution in [-0.4, -0.2) is 38.9 Å². The van der Waals surface area contributed by atoms with Gasteiger partial charge in [0.1, 0.15) is 0 Å². The second kappa shape index (κ2) is 10.5. The highest BCUT2D eigenvalue weighted by atomic mass is 35.5. The van der Waals surface area contributed by atoms with Crippen molar-refractivity contribution >= 4 is 6.09 Å². The molecule has 1 aromatic rings. The van der Waals surface area contributed by atoms with Crippen molar-refractivity contribution in [1.82, 2.24) is 5.32 Å². The van der Waals surface area contributed by atoms with Crippen LogP contribution in [0.5, 0.6) is 0 Å². The predicted molar refractivity (Wildman–Crippen MR) is 78.9 cm³/mol. The van der Waals surface area contributed by atoms with E-state index in [-0.39, 0.29) is 18.5 Å². The molecule has 1 aliphatic rings. The molecule has 21 heavy (non-hydrogen) atoms. The molecule has 118 valence electrons. The van der Waals surface area contributed by atoms with Crippen molar-refractivity contribution in [3.8, 4) is 0 Å². The van der Waals surface area contributed by atoms with E-state index in [0.717, 1.165) is 19.4 Å². The molecule has 0 radical (unpaired) electrons. The van der Waals surface area contributed by atoms with Crippen molar-refractivity contribution in [3.63, 3.8) is 0 Å². The van der Waals surface area contributed by atoms with Crippen molar-refractivity contribution in [1.29, 1.82) is 0 Å². The molecule has 5 heteroatoms. The van der Waals surface area contributed by atoms with Gasteiger partial charge in [-0.3, -0.25) is 0 Å². The fourth-order valence-corrected chi connectivity index (χ4v) is 2.60. The second-order valence-electron chi connectivity index (χ2n) is 5.36. The van der Waals surface area contributed by atoms with Crippen LogP contribution in [0.1, 0.15) is 24.8 Å². The summed E-state index contributed by atoms with van der Waals surface area (Å²) in [5, 5.41) is 2.83. The summed E-state index contributed by atoms with van der Waals surface area (Å²) in [6.07, 6.45) is 4.18. The number of carbonyl (C=O) groups excluding carboxylic acids is 1. The van der Waals surface area contributed by atoms with E-state index in [1.807, 2.05) is 18.2 Å². The summed E-state index contributed by atoms with van der Waals surface area (Å²) in [5.74, 6) is 0. The van der Waals surface area contributed by atoms with Crippen LogP contribution in [-0.2, 0) is 11.2 Å². The molecule has 1 heterocycles. The Morgan fingerprint density at radius 1 is 1.19 bits per heavy atom. The first-order valence-electron chi connectivity index (χ1n) is 7.63. The lowest BCUT2D eigenvalue weighted by Crippen LogP contribution is -3.10. The molecule has 0 unspecified atom stereocenters. The Morgan fingerprint density at radius 3 is 2.62 bits per heavy atom. The first-order chi connectivity index (χ1) is 9.84. The highest BCUT2D eigenvalue weighted by Gasteiger charge is 2.14. The SMILES string of the molecule is O=C(NCC[NH+]1CCCC1)OCCCc1ccccc1.[Cl-]. The number of amides is 1. The highest BCUT2D eigenvalue weighted by Crippen LogP contribution is 2.02. The van der Waals surface area contributed by atoms with Crippen molar-refractivity contribution in [2.45, 2.75) is 25.7 Å². The number of hydrogen-bond donors (Lipinski definition) is 2. The van der Waals surface area contributed by atoms with Crippen molar-refractivity contribution in [3.05, 3.63) is 35.9 Å². The largest absolute Gasteiger partial charge is 1.00 e. The van der Waals surface area contributed by atoms with E-state index in [1.54, 1.807) is 4.90 Å². The molecule has 1 aliphatic heterocycles. The van der Waals surface area contributed by atoms with Crippen LogP contribution in [0.25, 0.3) is 0 Å². The number of nitrogens with one attached hydrogen (secondary N) is 2. The van der Waals surface area contributed by atoms with Crippen molar-refractivity contribution in [2.24, 2.45) is 0 Å². The third kappa shape index (κ3) is 7.34. The first-order valence-corrected chi connectivity index (χ1v) is 7.63. The monoisotopic (exact) mass is 312 g/mol. The normalized spacial score (nSPS) is 14.5. The molecule has 2 rings (SSSR count). The molecule has 0 spiro atoms. The number of carbonyl (C=O) groups is 1. The molecule has 0 bridgehead atoms. The Morgan fingerprint density at radius 2 is 1.90 bits per heavy atom. The smallest absolute Gasteiger partial charge is 0.407 e. The number of benzene rings is 1. The molecule has 2 N–H and O–H groups in total. The molecule has 0 aliphatic carbocycles. The van der Waals surface area contributed by atoms with E-state index in [0.29, 0.717) is 13.2 Å². The zero-order valence-electron chi connectivity index (χ0n) is 12.4. The van der Waals surface area contributed by atoms with Crippen molar-refractivity contribution in [2.75, 3.05) is 32.8 Å². The number of ether oxygens (including phenoxy) is 1. The van der Waals surface area contributed by atoms with Crippen LogP contribution >= 0.6 is 0 Å². The minimum atomic E-state index is -0.281. The fraction of sp³-hybridized carbons (Fsp3) is 0.562. The molecular formula is C16H25ClN2O2. The lowest BCUT2D eigenvalue weighted by Gasteiger charge is -2.12. The molecule has 0 atom stereocenters. The number of quaternary nitrogens is 1. The van der Waals surface area contributed by atoms with Gasteiger partial charge in [-0.05, 0) is 18.4 Å². The van der Waals surface area contributed by atoms with Crippen LogP contribution in [0, 0.1) is 0 Å². The fourth-order valence-electron chi connectivity index (χ4n) is 2.60. The average molecular weight is 313 g/mol. The summed E-state index contributed by atoms with van der Waals surface area (Å²) < 4.78 is 5.17. The average Bonchev–Trinajstić information content (AvgIpc) is 2.98. The Bertz CT molecular complexity index is 395. The Kier molecular flexibility index (Phi) is 8.87. The third-order valence-corrected chi connectivity index (χ3v) is 3.74. The van der Waals surface area contributed by atoms with Gasteiger partial charge in [0.2, 0.25) is 0 Å². The van der Waals surface area contributed by atoms with Gasteiger partial charge in [-0.15, -0.1) is 0 Å². The zero-order chi connectivity index (χ0) is 14.0. The lowest BCUT2D eigenvalue weighted by molar-refractivity contribution is -0.886.